The minimum absolute atomic E-state index is 0.0379. The van der Waals surface area contributed by atoms with Crippen molar-refractivity contribution in [2.45, 2.75) is 166 Å². The van der Waals surface area contributed by atoms with E-state index < -0.39 is 60.0 Å². The summed E-state index contributed by atoms with van der Waals surface area (Å²) in [5.41, 5.74) is -2.47. The molecule has 4 saturated carbocycles. The highest BCUT2D eigenvalue weighted by atomic mass is 16.7. The monoisotopic (exact) mass is 654 g/mol. The van der Waals surface area contributed by atoms with Gasteiger partial charge in [0.15, 0.2) is 6.29 Å². The molecule has 0 aromatic heterocycles. The first-order valence-corrected chi connectivity index (χ1v) is 18.0. The van der Waals surface area contributed by atoms with Gasteiger partial charge in [-0.15, -0.1) is 0 Å². The third kappa shape index (κ3) is 4.94. The number of aliphatic hydroxyl groups excluding tert-OH is 6. The van der Waals surface area contributed by atoms with Gasteiger partial charge in [-0.25, -0.2) is 0 Å². The van der Waals surface area contributed by atoms with Gasteiger partial charge < -0.3 is 50.0 Å². The summed E-state index contributed by atoms with van der Waals surface area (Å²) in [6.45, 7) is 14.5. The molecule has 0 amide bonds. The standard InChI is InChI=1S/C36H62O10/c1-31(2)22-9-13-34(6)23(33(22,5)12-10-24(31)45-30-29(42)28(41)27(40)21(17-37)44-30)16-20(39)26-19(8-15-36(26,34)18-38)35(7)14-11-25(46-35)32(3,4)43/h19-30,37-43H,8-18H2,1-7H3. The van der Waals surface area contributed by atoms with E-state index in [2.05, 4.69) is 34.6 Å². The van der Waals surface area contributed by atoms with Gasteiger partial charge >= 0.3 is 0 Å². The highest BCUT2D eigenvalue weighted by Crippen LogP contribution is 2.76. The van der Waals surface area contributed by atoms with E-state index >= 15 is 0 Å². The molecule has 7 N–H and O–H groups in total. The summed E-state index contributed by atoms with van der Waals surface area (Å²) >= 11 is 0. The summed E-state index contributed by atoms with van der Waals surface area (Å²) in [6.07, 6.45) is -0.208. The molecule has 4 aliphatic carbocycles. The molecule has 2 aliphatic heterocycles. The van der Waals surface area contributed by atoms with Crippen LogP contribution in [0.3, 0.4) is 0 Å². The van der Waals surface area contributed by atoms with Gasteiger partial charge in [0.05, 0.1) is 36.1 Å². The Labute approximate surface area is 274 Å². The molecule has 0 radical (unpaired) electrons. The van der Waals surface area contributed by atoms with Crippen LogP contribution in [0, 0.1) is 45.3 Å². The predicted molar refractivity (Wildman–Crippen MR) is 169 cm³/mol. The molecule has 6 fully saturated rings. The van der Waals surface area contributed by atoms with Crippen LogP contribution in [0.2, 0.25) is 0 Å². The molecule has 2 heterocycles. The maximum absolute atomic E-state index is 12.2. The normalized spacial score (nSPS) is 55.4. The third-order valence-electron chi connectivity index (χ3n) is 15.3. The van der Waals surface area contributed by atoms with Crippen LogP contribution in [0.1, 0.15) is 106 Å². The van der Waals surface area contributed by atoms with Crippen molar-refractivity contribution < 1.29 is 50.0 Å². The summed E-state index contributed by atoms with van der Waals surface area (Å²) in [4.78, 5) is 0. The lowest BCUT2D eigenvalue weighted by molar-refractivity contribution is -0.332. The van der Waals surface area contributed by atoms with E-state index in [0.29, 0.717) is 12.8 Å². The lowest BCUT2D eigenvalue weighted by atomic mass is 9.35. The topological polar surface area (TPSA) is 169 Å². The quantitative estimate of drug-likeness (QED) is 0.211. The Hall–Kier alpha value is -0.400. The molecule has 16 atom stereocenters. The van der Waals surface area contributed by atoms with E-state index in [0.717, 1.165) is 44.9 Å². The first-order chi connectivity index (χ1) is 21.3. The molecule has 0 aromatic carbocycles. The summed E-state index contributed by atoms with van der Waals surface area (Å²) in [6, 6.07) is 0. The number of hydrogen-bond donors (Lipinski definition) is 7. The number of hydrogen-bond acceptors (Lipinski definition) is 10. The molecule has 0 spiro atoms. The van der Waals surface area contributed by atoms with Crippen molar-refractivity contribution in [3.63, 3.8) is 0 Å². The average molecular weight is 655 g/mol. The first-order valence-electron chi connectivity index (χ1n) is 18.0. The first kappa shape index (κ1) is 35.4. The molecule has 10 nitrogen and oxygen atoms in total. The fourth-order valence-corrected chi connectivity index (χ4v) is 12.8. The minimum Gasteiger partial charge on any atom is -0.396 e. The minimum atomic E-state index is -1.48. The Morgan fingerprint density at radius 1 is 0.804 bits per heavy atom. The van der Waals surface area contributed by atoms with Gasteiger partial charge in [-0.05, 0) is 118 Å². The molecule has 10 heteroatoms. The number of rotatable bonds is 6. The summed E-state index contributed by atoms with van der Waals surface area (Å²) in [5.74, 6) is 0.444. The lowest BCUT2D eigenvalue weighted by Gasteiger charge is -2.71. The Morgan fingerprint density at radius 3 is 2.11 bits per heavy atom. The summed E-state index contributed by atoms with van der Waals surface area (Å²) < 4.78 is 18.8. The zero-order valence-electron chi connectivity index (χ0n) is 29.1. The Bertz CT molecular complexity index is 1120. The molecular formula is C36H62O10. The van der Waals surface area contributed by atoms with Crippen LogP contribution < -0.4 is 0 Å². The molecule has 266 valence electrons. The van der Waals surface area contributed by atoms with Gasteiger partial charge in [-0.3, -0.25) is 0 Å². The molecule has 46 heavy (non-hydrogen) atoms. The van der Waals surface area contributed by atoms with Crippen molar-refractivity contribution in [3.05, 3.63) is 0 Å². The van der Waals surface area contributed by atoms with Gasteiger partial charge in [0.2, 0.25) is 0 Å². The maximum atomic E-state index is 12.2. The molecule has 16 unspecified atom stereocenters. The van der Waals surface area contributed by atoms with Gasteiger partial charge in [0, 0.05) is 12.0 Å². The number of ether oxygens (including phenoxy) is 3. The van der Waals surface area contributed by atoms with Gasteiger partial charge in [0.25, 0.3) is 0 Å². The Kier molecular flexibility index (Phi) is 8.91. The van der Waals surface area contributed by atoms with Gasteiger partial charge in [0.1, 0.15) is 24.4 Å². The maximum Gasteiger partial charge on any atom is 0.186 e. The van der Waals surface area contributed by atoms with Gasteiger partial charge in [-0.1, -0.05) is 27.7 Å². The van der Waals surface area contributed by atoms with Crippen LogP contribution in [0.5, 0.6) is 0 Å². The highest BCUT2D eigenvalue weighted by Gasteiger charge is 2.73. The molecule has 0 bridgehead atoms. The van der Waals surface area contributed by atoms with E-state index in [1.54, 1.807) is 13.8 Å². The number of fused-ring (bicyclic) bond motifs is 5. The largest absolute Gasteiger partial charge is 0.396 e. The SMILES string of the molecule is CC(C)(O)C1CCC(C)(C2CCC3(CO)C2C(O)CC2C4(C)CCC(OC5OC(CO)C(O)C(O)C5O)C(C)(C)C4CCC23C)O1. The fourth-order valence-electron chi connectivity index (χ4n) is 12.8. The lowest BCUT2D eigenvalue weighted by Crippen LogP contribution is -2.68. The van der Waals surface area contributed by atoms with Crippen LogP contribution in [0.25, 0.3) is 0 Å². The van der Waals surface area contributed by atoms with Crippen molar-refractivity contribution >= 4 is 0 Å². The smallest absolute Gasteiger partial charge is 0.186 e. The second kappa shape index (κ2) is 11.6. The Morgan fingerprint density at radius 2 is 1.50 bits per heavy atom. The van der Waals surface area contributed by atoms with Crippen molar-refractivity contribution in [3.8, 4) is 0 Å². The molecule has 0 aromatic rings. The summed E-state index contributed by atoms with van der Waals surface area (Å²) in [7, 11) is 0. The molecular weight excluding hydrogens is 592 g/mol. The van der Waals surface area contributed by atoms with Crippen molar-refractivity contribution in [1.82, 2.24) is 0 Å². The summed E-state index contributed by atoms with van der Waals surface area (Å²) in [5, 5.41) is 75.4. The second-order valence-electron chi connectivity index (χ2n) is 18.1. The van der Waals surface area contributed by atoms with E-state index in [1.807, 2.05) is 0 Å². The Balaban J connectivity index is 1.26. The van der Waals surface area contributed by atoms with Crippen LogP contribution in [0.4, 0.5) is 0 Å². The van der Waals surface area contributed by atoms with E-state index in [4.69, 9.17) is 14.2 Å². The van der Waals surface area contributed by atoms with Crippen LogP contribution in [-0.4, -0.2) is 109 Å². The van der Waals surface area contributed by atoms with Crippen LogP contribution in [0.15, 0.2) is 0 Å². The molecule has 6 rings (SSSR count). The van der Waals surface area contributed by atoms with E-state index in [9.17, 15) is 35.7 Å². The van der Waals surface area contributed by atoms with Crippen molar-refractivity contribution in [2.75, 3.05) is 13.2 Å². The van der Waals surface area contributed by atoms with E-state index in [1.165, 1.54) is 0 Å². The zero-order valence-corrected chi connectivity index (χ0v) is 29.1. The zero-order chi connectivity index (χ0) is 33.8. The number of aliphatic hydroxyl groups is 7. The molecule has 6 aliphatic rings. The second-order valence-corrected chi connectivity index (χ2v) is 18.1. The van der Waals surface area contributed by atoms with Crippen molar-refractivity contribution in [1.29, 1.82) is 0 Å². The third-order valence-corrected chi connectivity index (χ3v) is 15.3. The van der Waals surface area contributed by atoms with Crippen molar-refractivity contribution in [2.24, 2.45) is 45.3 Å². The highest BCUT2D eigenvalue weighted by molar-refractivity contribution is 5.21. The average Bonchev–Trinajstić information content (AvgIpc) is 3.60. The van der Waals surface area contributed by atoms with Crippen LogP contribution in [-0.2, 0) is 14.2 Å². The van der Waals surface area contributed by atoms with Crippen LogP contribution >= 0.6 is 0 Å². The predicted octanol–water partition coefficient (Wildman–Crippen LogP) is 2.51. The van der Waals surface area contributed by atoms with E-state index in [-0.39, 0.29) is 58.7 Å². The van der Waals surface area contributed by atoms with Gasteiger partial charge in [-0.2, -0.15) is 0 Å². The molecule has 2 saturated heterocycles. The fraction of sp³-hybridized carbons (Fsp3) is 1.00.